The Labute approximate surface area is 173 Å². The molecule has 2 aromatic rings. The van der Waals surface area contributed by atoms with Crippen LogP contribution in [0.3, 0.4) is 0 Å². The second-order valence-electron chi connectivity index (χ2n) is 8.43. The van der Waals surface area contributed by atoms with Crippen LogP contribution in [0.5, 0.6) is 5.75 Å². The molecule has 0 aromatic heterocycles. The molecule has 0 spiro atoms. The molecule has 0 saturated carbocycles. The summed E-state index contributed by atoms with van der Waals surface area (Å²) in [5, 5.41) is 0. The fourth-order valence-corrected chi connectivity index (χ4v) is 4.70. The third kappa shape index (κ3) is 4.62. The standard InChI is InChI=1S/C24H31N3O2/c1-19(24(28)27-12-11-21-5-3-4-6-22(21)18-27)26-15-13-25(14-16-26)17-20-7-9-23(29-2)10-8-20/h3-10,19H,11-18H2,1-2H3/p+2/t19-/m0/s1. The number of hydrogen-bond donors (Lipinski definition) is 2. The average molecular weight is 396 g/mol. The maximum absolute atomic E-state index is 13.1. The summed E-state index contributed by atoms with van der Waals surface area (Å²) in [6, 6.07) is 17.0. The topological polar surface area (TPSA) is 38.4 Å². The van der Waals surface area contributed by atoms with Crippen molar-refractivity contribution in [3.63, 3.8) is 0 Å². The summed E-state index contributed by atoms with van der Waals surface area (Å²) in [4.78, 5) is 18.2. The van der Waals surface area contributed by atoms with Gasteiger partial charge in [-0.2, -0.15) is 0 Å². The van der Waals surface area contributed by atoms with Crippen molar-refractivity contribution in [2.24, 2.45) is 0 Å². The molecular weight excluding hydrogens is 362 g/mol. The third-order valence-electron chi connectivity index (χ3n) is 6.64. The van der Waals surface area contributed by atoms with Crippen LogP contribution in [0.25, 0.3) is 0 Å². The zero-order valence-electron chi connectivity index (χ0n) is 17.6. The molecule has 154 valence electrons. The quantitative estimate of drug-likeness (QED) is 0.745. The van der Waals surface area contributed by atoms with Crippen LogP contribution in [-0.2, 0) is 24.3 Å². The zero-order chi connectivity index (χ0) is 20.2. The van der Waals surface area contributed by atoms with Gasteiger partial charge in [-0.3, -0.25) is 4.79 Å². The summed E-state index contributed by atoms with van der Waals surface area (Å²) in [5.74, 6) is 1.22. The predicted molar refractivity (Wildman–Crippen MR) is 113 cm³/mol. The van der Waals surface area contributed by atoms with Gasteiger partial charge in [0.25, 0.3) is 5.91 Å². The van der Waals surface area contributed by atoms with E-state index in [9.17, 15) is 4.79 Å². The Morgan fingerprint density at radius 1 is 1.03 bits per heavy atom. The molecular formula is C24H33N3O2+2. The van der Waals surface area contributed by atoms with Crippen molar-refractivity contribution in [1.82, 2.24) is 4.90 Å². The summed E-state index contributed by atoms with van der Waals surface area (Å²) in [7, 11) is 1.70. The van der Waals surface area contributed by atoms with E-state index in [-0.39, 0.29) is 6.04 Å². The summed E-state index contributed by atoms with van der Waals surface area (Å²) in [6.45, 7) is 9.12. The van der Waals surface area contributed by atoms with Gasteiger partial charge in [0, 0.05) is 18.7 Å². The monoisotopic (exact) mass is 395 g/mol. The minimum absolute atomic E-state index is 0.0443. The van der Waals surface area contributed by atoms with Crippen molar-refractivity contribution in [1.29, 1.82) is 0 Å². The average Bonchev–Trinajstić information content (AvgIpc) is 2.79. The molecule has 0 bridgehead atoms. The van der Waals surface area contributed by atoms with Gasteiger partial charge in [0.15, 0.2) is 6.04 Å². The molecule has 4 rings (SSSR count). The number of carbonyl (C=O) groups is 1. The maximum atomic E-state index is 13.1. The van der Waals surface area contributed by atoms with E-state index in [0.717, 1.165) is 58.0 Å². The summed E-state index contributed by atoms with van der Waals surface area (Å²) in [5.41, 5.74) is 4.05. The Kier molecular flexibility index (Phi) is 6.16. The SMILES string of the molecule is COc1ccc(C[NH+]2CC[NH+]([C@@H](C)C(=O)N3CCc4ccccc4C3)CC2)cc1. The Balaban J connectivity index is 1.28. The number of nitrogens with one attached hydrogen (secondary N) is 2. The molecule has 2 heterocycles. The molecule has 0 unspecified atom stereocenters. The largest absolute Gasteiger partial charge is 0.497 e. The highest BCUT2D eigenvalue weighted by atomic mass is 16.5. The van der Waals surface area contributed by atoms with Crippen molar-refractivity contribution in [3.05, 3.63) is 65.2 Å². The molecule has 2 aliphatic rings. The first-order valence-electron chi connectivity index (χ1n) is 10.8. The lowest BCUT2D eigenvalue weighted by Crippen LogP contribution is -3.29. The molecule has 0 aliphatic carbocycles. The van der Waals surface area contributed by atoms with E-state index < -0.39 is 0 Å². The Bertz CT molecular complexity index is 828. The molecule has 2 N–H and O–H groups in total. The molecule has 1 saturated heterocycles. The lowest BCUT2D eigenvalue weighted by atomic mass is 9.99. The summed E-state index contributed by atoms with van der Waals surface area (Å²) < 4.78 is 5.25. The fourth-order valence-electron chi connectivity index (χ4n) is 4.70. The number of piperazine rings is 1. The van der Waals surface area contributed by atoms with Crippen molar-refractivity contribution in [3.8, 4) is 5.75 Å². The van der Waals surface area contributed by atoms with Crippen LogP contribution in [0.4, 0.5) is 0 Å². The van der Waals surface area contributed by atoms with E-state index in [1.165, 1.54) is 21.6 Å². The van der Waals surface area contributed by atoms with Crippen LogP contribution in [0.15, 0.2) is 48.5 Å². The van der Waals surface area contributed by atoms with Crippen molar-refractivity contribution >= 4 is 5.91 Å². The van der Waals surface area contributed by atoms with Gasteiger partial charge in [0.05, 0.1) is 7.11 Å². The first kappa shape index (κ1) is 19.9. The van der Waals surface area contributed by atoms with Gasteiger partial charge in [-0.05, 0) is 48.7 Å². The minimum Gasteiger partial charge on any atom is -0.497 e. The van der Waals surface area contributed by atoms with Crippen LogP contribution in [0.1, 0.15) is 23.6 Å². The van der Waals surface area contributed by atoms with Crippen LogP contribution < -0.4 is 14.5 Å². The molecule has 2 aliphatic heterocycles. The number of benzene rings is 2. The molecule has 1 amide bonds. The van der Waals surface area contributed by atoms with Gasteiger partial charge in [-0.25, -0.2) is 0 Å². The first-order valence-corrected chi connectivity index (χ1v) is 10.8. The highest BCUT2D eigenvalue weighted by molar-refractivity contribution is 5.80. The molecule has 5 heteroatoms. The van der Waals surface area contributed by atoms with E-state index in [0.29, 0.717) is 5.91 Å². The molecule has 29 heavy (non-hydrogen) atoms. The highest BCUT2D eigenvalue weighted by Gasteiger charge is 2.34. The van der Waals surface area contributed by atoms with Crippen LogP contribution >= 0.6 is 0 Å². The van der Waals surface area contributed by atoms with Gasteiger partial charge < -0.3 is 19.4 Å². The second-order valence-corrected chi connectivity index (χ2v) is 8.43. The normalized spacial score (nSPS) is 22.6. The van der Waals surface area contributed by atoms with Crippen molar-refractivity contribution < 1.29 is 19.3 Å². The second kappa shape index (κ2) is 8.97. The Hall–Kier alpha value is -2.37. The van der Waals surface area contributed by atoms with E-state index in [1.54, 1.807) is 12.0 Å². The molecule has 0 radical (unpaired) electrons. The Morgan fingerprint density at radius 3 is 2.41 bits per heavy atom. The van der Waals surface area contributed by atoms with Gasteiger partial charge in [0.2, 0.25) is 0 Å². The van der Waals surface area contributed by atoms with Crippen molar-refractivity contribution in [2.45, 2.75) is 32.5 Å². The Morgan fingerprint density at radius 2 is 1.72 bits per heavy atom. The van der Waals surface area contributed by atoms with E-state index in [2.05, 4.69) is 48.2 Å². The van der Waals surface area contributed by atoms with Gasteiger partial charge in [-0.15, -0.1) is 0 Å². The zero-order valence-corrected chi connectivity index (χ0v) is 17.6. The summed E-state index contributed by atoms with van der Waals surface area (Å²) in [6.07, 6.45) is 0.976. The summed E-state index contributed by atoms with van der Waals surface area (Å²) >= 11 is 0. The van der Waals surface area contributed by atoms with Crippen molar-refractivity contribution in [2.75, 3.05) is 39.8 Å². The highest BCUT2D eigenvalue weighted by Crippen LogP contribution is 2.18. The molecule has 1 atom stereocenters. The number of carbonyl (C=O) groups excluding carboxylic acids is 1. The van der Waals surface area contributed by atoms with E-state index in [1.807, 2.05) is 12.1 Å². The number of ether oxygens (including phenoxy) is 1. The first-order chi connectivity index (χ1) is 14.1. The van der Waals surface area contributed by atoms with Crippen LogP contribution in [0, 0.1) is 0 Å². The molecule has 5 nitrogen and oxygen atoms in total. The smallest absolute Gasteiger partial charge is 0.280 e. The van der Waals surface area contributed by atoms with Crippen LogP contribution in [-0.4, -0.2) is 56.7 Å². The maximum Gasteiger partial charge on any atom is 0.280 e. The number of quaternary nitrogens is 2. The number of nitrogens with zero attached hydrogens (tertiary/aromatic N) is 1. The molecule has 1 fully saturated rings. The number of amides is 1. The molecule has 2 aromatic carbocycles. The minimum atomic E-state index is 0.0443. The third-order valence-corrected chi connectivity index (χ3v) is 6.64. The number of methoxy groups -OCH3 is 1. The van der Waals surface area contributed by atoms with E-state index in [4.69, 9.17) is 4.74 Å². The fraction of sp³-hybridized carbons (Fsp3) is 0.458. The predicted octanol–water partition coefficient (Wildman–Crippen LogP) is -0.0480. The van der Waals surface area contributed by atoms with Gasteiger partial charge in [0.1, 0.15) is 38.5 Å². The number of rotatable bonds is 5. The number of fused-ring (bicyclic) bond motifs is 1. The van der Waals surface area contributed by atoms with Crippen LogP contribution in [0.2, 0.25) is 0 Å². The van der Waals surface area contributed by atoms with Gasteiger partial charge >= 0.3 is 0 Å². The number of hydrogen-bond acceptors (Lipinski definition) is 2. The van der Waals surface area contributed by atoms with Gasteiger partial charge in [-0.1, -0.05) is 24.3 Å². The lowest BCUT2D eigenvalue weighted by Gasteiger charge is -2.36. The lowest BCUT2D eigenvalue weighted by molar-refractivity contribution is -1.02. The van der Waals surface area contributed by atoms with E-state index >= 15 is 0 Å².